The first-order chi connectivity index (χ1) is 7.58. The van der Waals surface area contributed by atoms with Crippen LogP contribution in [-0.2, 0) is 4.74 Å². The smallest absolute Gasteiger partial charge is 0.0842 e. The summed E-state index contributed by atoms with van der Waals surface area (Å²) >= 11 is 0. The first-order valence-corrected chi connectivity index (χ1v) is 6.03. The predicted molar refractivity (Wildman–Crippen MR) is 66.6 cm³/mol. The summed E-state index contributed by atoms with van der Waals surface area (Å²) in [5.41, 5.74) is 11.3. The predicted octanol–water partition coefficient (Wildman–Crippen LogP) is 2.79. The molecule has 2 heteroatoms. The van der Waals surface area contributed by atoms with Crippen LogP contribution in [0.25, 0.3) is 0 Å². The van der Waals surface area contributed by atoms with Gasteiger partial charge in [-0.2, -0.15) is 0 Å². The molecule has 0 aromatic heterocycles. The van der Waals surface area contributed by atoms with Gasteiger partial charge in [0.05, 0.1) is 6.10 Å². The van der Waals surface area contributed by atoms with Crippen molar-refractivity contribution in [2.45, 2.75) is 45.8 Å². The molecule has 2 unspecified atom stereocenters. The van der Waals surface area contributed by atoms with E-state index in [1.807, 2.05) is 0 Å². The van der Waals surface area contributed by atoms with E-state index in [9.17, 15) is 0 Å². The lowest BCUT2D eigenvalue weighted by Gasteiger charge is -2.29. The molecule has 16 heavy (non-hydrogen) atoms. The fraction of sp³-hybridized carbons (Fsp3) is 0.571. The molecule has 1 aromatic rings. The molecule has 0 bridgehead atoms. The third kappa shape index (κ3) is 2.28. The number of hydrogen-bond donors (Lipinski definition) is 1. The maximum absolute atomic E-state index is 6.00. The van der Waals surface area contributed by atoms with Crippen molar-refractivity contribution in [2.75, 3.05) is 6.61 Å². The second-order valence-electron chi connectivity index (χ2n) is 4.94. The third-order valence-corrected chi connectivity index (χ3v) is 3.55. The van der Waals surface area contributed by atoms with Crippen LogP contribution in [0.3, 0.4) is 0 Å². The Hall–Kier alpha value is -0.860. The maximum Gasteiger partial charge on any atom is 0.0842 e. The van der Waals surface area contributed by atoms with Crippen molar-refractivity contribution in [3.05, 3.63) is 34.4 Å². The highest BCUT2D eigenvalue weighted by Crippen LogP contribution is 2.31. The first-order valence-electron chi connectivity index (χ1n) is 6.03. The lowest BCUT2D eigenvalue weighted by atomic mass is 9.92. The summed E-state index contributed by atoms with van der Waals surface area (Å²) in [5.74, 6) is 0. The first kappa shape index (κ1) is 11.6. The summed E-state index contributed by atoms with van der Waals surface area (Å²) in [4.78, 5) is 0. The standard InChI is InChI=1S/C14H21NO/c1-9-6-11(3)13(7-10(9)2)14-8-12(15)4-5-16-14/h6-7,12,14H,4-5,8,15H2,1-3H3. The van der Waals surface area contributed by atoms with Crippen molar-refractivity contribution >= 4 is 0 Å². The summed E-state index contributed by atoms with van der Waals surface area (Å²) in [6.45, 7) is 7.25. The van der Waals surface area contributed by atoms with Crippen LogP contribution in [0.4, 0.5) is 0 Å². The number of rotatable bonds is 1. The third-order valence-electron chi connectivity index (χ3n) is 3.55. The van der Waals surface area contributed by atoms with E-state index in [2.05, 4.69) is 32.9 Å². The Balaban J connectivity index is 2.29. The van der Waals surface area contributed by atoms with Crippen LogP contribution >= 0.6 is 0 Å². The normalized spacial score (nSPS) is 25.8. The van der Waals surface area contributed by atoms with Gasteiger partial charge in [-0.1, -0.05) is 12.1 Å². The molecule has 0 aliphatic carbocycles. The Bertz CT molecular complexity index is 387. The quantitative estimate of drug-likeness (QED) is 0.788. The minimum atomic E-state index is 0.197. The zero-order valence-electron chi connectivity index (χ0n) is 10.4. The molecule has 1 aromatic carbocycles. The lowest BCUT2D eigenvalue weighted by molar-refractivity contribution is 0.00629. The second kappa shape index (κ2) is 4.56. The van der Waals surface area contributed by atoms with Gasteiger partial charge in [0.1, 0.15) is 0 Å². The Morgan fingerprint density at radius 1 is 1.12 bits per heavy atom. The van der Waals surface area contributed by atoms with Gasteiger partial charge in [0.25, 0.3) is 0 Å². The van der Waals surface area contributed by atoms with E-state index in [-0.39, 0.29) is 6.10 Å². The SMILES string of the molecule is Cc1cc(C)c(C2CC(N)CCO2)cc1C. The lowest BCUT2D eigenvalue weighted by Crippen LogP contribution is -2.30. The summed E-state index contributed by atoms with van der Waals surface area (Å²) in [5, 5.41) is 0. The van der Waals surface area contributed by atoms with Crippen LogP contribution in [0, 0.1) is 20.8 Å². The molecule has 2 rings (SSSR count). The van der Waals surface area contributed by atoms with Gasteiger partial charge in [-0.05, 0) is 55.9 Å². The average Bonchev–Trinajstić information content (AvgIpc) is 2.23. The Labute approximate surface area is 97.8 Å². The molecular formula is C14H21NO. The number of benzene rings is 1. The van der Waals surface area contributed by atoms with Crippen LogP contribution < -0.4 is 5.73 Å². The van der Waals surface area contributed by atoms with Crippen molar-refractivity contribution < 1.29 is 4.74 Å². The van der Waals surface area contributed by atoms with Gasteiger partial charge in [0, 0.05) is 12.6 Å². The molecule has 1 fully saturated rings. The van der Waals surface area contributed by atoms with E-state index >= 15 is 0 Å². The zero-order chi connectivity index (χ0) is 11.7. The number of nitrogens with two attached hydrogens (primary N) is 1. The Morgan fingerprint density at radius 3 is 2.50 bits per heavy atom. The highest BCUT2D eigenvalue weighted by molar-refractivity contribution is 5.37. The van der Waals surface area contributed by atoms with Gasteiger partial charge < -0.3 is 10.5 Å². The van der Waals surface area contributed by atoms with Crippen molar-refractivity contribution in [1.82, 2.24) is 0 Å². The largest absolute Gasteiger partial charge is 0.373 e. The monoisotopic (exact) mass is 219 g/mol. The molecule has 0 spiro atoms. The van der Waals surface area contributed by atoms with E-state index in [1.165, 1.54) is 22.3 Å². The van der Waals surface area contributed by atoms with Crippen LogP contribution in [0.15, 0.2) is 12.1 Å². The van der Waals surface area contributed by atoms with E-state index in [4.69, 9.17) is 10.5 Å². The molecule has 2 nitrogen and oxygen atoms in total. The minimum absolute atomic E-state index is 0.197. The van der Waals surface area contributed by atoms with Gasteiger partial charge in [-0.15, -0.1) is 0 Å². The van der Waals surface area contributed by atoms with Crippen molar-refractivity contribution in [1.29, 1.82) is 0 Å². The van der Waals surface area contributed by atoms with Crippen LogP contribution in [0.2, 0.25) is 0 Å². The summed E-state index contributed by atoms with van der Waals surface area (Å²) < 4.78 is 5.83. The number of hydrogen-bond acceptors (Lipinski definition) is 2. The van der Waals surface area contributed by atoms with E-state index in [0.29, 0.717) is 6.04 Å². The topological polar surface area (TPSA) is 35.2 Å². The van der Waals surface area contributed by atoms with Crippen LogP contribution in [-0.4, -0.2) is 12.6 Å². The van der Waals surface area contributed by atoms with E-state index < -0.39 is 0 Å². The molecule has 1 saturated heterocycles. The van der Waals surface area contributed by atoms with Gasteiger partial charge in [-0.3, -0.25) is 0 Å². The summed E-state index contributed by atoms with van der Waals surface area (Å²) in [7, 11) is 0. The Morgan fingerprint density at radius 2 is 1.81 bits per heavy atom. The minimum Gasteiger partial charge on any atom is -0.373 e. The highest BCUT2D eigenvalue weighted by Gasteiger charge is 2.22. The molecule has 1 aliphatic heterocycles. The molecule has 1 heterocycles. The average molecular weight is 219 g/mol. The van der Waals surface area contributed by atoms with Gasteiger partial charge in [0.15, 0.2) is 0 Å². The number of ether oxygens (including phenoxy) is 1. The van der Waals surface area contributed by atoms with E-state index in [0.717, 1.165) is 19.4 Å². The number of aryl methyl sites for hydroxylation is 3. The van der Waals surface area contributed by atoms with Gasteiger partial charge in [0.2, 0.25) is 0 Å². The maximum atomic E-state index is 6.00. The molecule has 0 radical (unpaired) electrons. The summed E-state index contributed by atoms with van der Waals surface area (Å²) in [6, 6.07) is 4.79. The van der Waals surface area contributed by atoms with Crippen molar-refractivity contribution in [2.24, 2.45) is 5.73 Å². The van der Waals surface area contributed by atoms with E-state index in [1.54, 1.807) is 0 Å². The summed E-state index contributed by atoms with van der Waals surface area (Å²) in [6.07, 6.45) is 2.13. The molecule has 0 saturated carbocycles. The fourth-order valence-corrected chi connectivity index (χ4v) is 2.37. The molecule has 2 N–H and O–H groups in total. The highest BCUT2D eigenvalue weighted by atomic mass is 16.5. The fourth-order valence-electron chi connectivity index (χ4n) is 2.37. The zero-order valence-corrected chi connectivity index (χ0v) is 10.4. The Kier molecular flexibility index (Phi) is 3.31. The van der Waals surface area contributed by atoms with Crippen LogP contribution in [0.5, 0.6) is 0 Å². The molecule has 2 atom stereocenters. The molecule has 0 amide bonds. The van der Waals surface area contributed by atoms with Gasteiger partial charge >= 0.3 is 0 Å². The molecule has 1 aliphatic rings. The van der Waals surface area contributed by atoms with Crippen LogP contribution in [0.1, 0.15) is 41.2 Å². The van der Waals surface area contributed by atoms with Gasteiger partial charge in [-0.25, -0.2) is 0 Å². The van der Waals surface area contributed by atoms with Crippen molar-refractivity contribution in [3.8, 4) is 0 Å². The molecular weight excluding hydrogens is 198 g/mol. The van der Waals surface area contributed by atoms with Crippen molar-refractivity contribution in [3.63, 3.8) is 0 Å². The second-order valence-corrected chi connectivity index (χ2v) is 4.94. The molecule has 88 valence electrons.